The minimum absolute atomic E-state index is 0.0842. The van der Waals surface area contributed by atoms with Crippen molar-refractivity contribution in [3.63, 3.8) is 0 Å². The van der Waals surface area contributed by atoms with Crippen LogP contribution in [-0.2, 0) is 20.9 Å². The predicted molar refractivity (Wildman–Crippen MR) is 106 cm³/mol. The van der Waals surface area contributed by atoms with Gasteiger partial charge in [0.1, 0.15) is 11.6 Å². The molecule has 0 spiro atoms. The number of nitrogens with zero attached hydrogens (tertiary/aromatic N) is 1. The van der Waals surface area contributed by atoms with Gasteiger partial charge in [-0.15, -0.1) is 11.3 Å². The molecule has 13 heteroatoms. The Kier molecular flexibility index (Phi) is 8.26. The average molecular weight is 455 g/mol. The molecule has 0 aliphatic carbocycles. The predicted octanol–water partition coefficient (Wildman–Crippen LogP) is 1.61. The molecule has 30 heavy (non-hydrogen) atoms. The highest BCUT2D eigenvalue weighted by Crippen LogP contribution is 2.24. The first-order valence-corrected chi connectivity index (χ1v) is 9.50. The van der Waals surface area contributed by atoms with Crippen molar-refractivity contribution in [3.05, 3.63) is 61.3 Å². The van der Waals surface area contributed by atoms with Gasteiger partial charge in [0.05, 0.1) is 11.5 Å². The van der Waals surface area contributed by atoms with E-state index in [0.717, 1.165) is 10.9 Å². The number of thiophene rings is 1. The fourth-order valence-corrected chi connectivity index (χ4v) is 2.86. The number of nitro groups is 1. The average Bonchev–Trinajstić information content (AvgIpc) is 3.22. The number of ether oxygens (including phenoxy) is 1. The van der Waals surface area contributed by atoms with Crippen molar-refractivity contribution in [2.45, 2.75) is 6.54 Å². The standard InChI is InChI=1S/C17H15ClN4O7S/c18-12-4-3-10(6-13(12)22(27)28)16(25)19-8-15(24)29-9-14(23)21-17(26)20-7-11-2-1-5-30-11/h1-6H,7-9H2,(H,19,25)(H2,20,21,23,26). The maximum absolute atomic E-state index is 12.0. The molecule has 0 saturated heterocycles. The minimum atomic E-state index is -0.944. The molecule has 11 nitrogen and oxygen atoms in total. The second-order valence-electron chi connectivity index (χ2n) is 5.58. The molecule has 1 aromatic heterocycles. The van der Waals surface area contributed by atoms with Gasteiger partial charge in [0.15, 0.2) is 6.61 Å². The van der Waals surface area contributed by atoms with Gasteiger partial charge in [0.2, 0.25) is 0 Å². The van der Waals surface area contributed by atoms with Crippen molar-refractivity contribution in [1.82, 2.24) is 16.0 Å². The minimum Gasteiger partial charge on any atom is -0.454 e. The van der Waals surface area contributed by atoms with Gasteiger partial charge in [-0.2, -0.15) is 0 Å². The van der Waals surface area contributed by atoms with Crippen LogP contribution in [0.3, 0.4) is 0 Å². The van der Waals surface area contributed by atoms with Crippen LogP contribution in [0.2, 0.25) is 5.02 Å². The highest BCUT2D eigenvalue weighted by Gasteiger charge is 2.17. The van der Waals surface area contributed by atoms with E-state index >= 15 is 0 Å². The van der Waals surface area contributed by atoms with Gasteiger partial charge in [0.25, 0.3) is 17.5 Å². The van der Waals surface area contributed by atoms with Gasteiger partial charge in [-0.05, 0) is 23.6 Å². The largest absolute Gasteiger partial charge is 0.454 e. The molecule has 4 amide bonds. The zero-order valence-corrected chi connectivity index (χ0v) is 16.7. The van der Waals surface area contributed by atoms with Crippen LogP contribution in [0.15, 0.2) is 35.7 Å². The molecule has 0 aliphatic rings. The number of halogens is 1. The van der Waals surface area contributed by atoms with Crippen LogP contribution in [0, 0.1) is 10.1 Å². The van der Waals surface area contributed by atoms with Gasteiger partial charge in [-0.1, -0.05) is 17.7 Å². The summed E-state index contributed by atoms with van der Waals surface area (Å²) >= 11 is 7.10. The van der Waals surface area contributed by atoms with Gasteiger partial charge < -0.3 is 15.4 Å². The molecular weight excluding hydrogens is 440 g/mol. The Balaban J connectivity index is 1.70. The number of urea groups is 1. The third-order valence-electron chi connectivity index (χ3n) is 3.42. The first-order valence-electron chi connectivity index (χ1n) is 8.24. The Morgan fingerprint density at radius 1 is 1.17 bits per heavy atom. The molecule has 1 heterocycles. The molecule has 1 aromatic carbocycles. The van der Waals surface area contributed by atoms with Crippen LogP contribution < -0.4 is 16.0 Å². The maximum Gasteiger partial charge on any atom is 0.325 e. The number of imide groups is 1. The van der Waals surface area contributed by atoms with Crippen molar-refractivity contribution in [3.8, 4) is 0 Å². The van der Waals surface area contributed by atoms with Gasteiger partial charge in [-0.25, -0.2) is 4.79 Å². The lowest BCUT2D eigenvalue weighted by atomic mass is 10.2. The molecule has 2 rings (SSSR count). The number of carbonyl (C=O) groups is 4. The number of hydrogen-bond acceptors (Lipinski definition) is 8. The summed E-state index contributed by atoms with van der Waals surface area (Å²) in [6.07, 6.45) is 0. The number of hydrogen-bond donors (Lipinski definition) is 3. The van der Waals surface area contributed by atoms with E-state index in [1.165, 1.54) is 23.5 Å². The van der Waals surface area contributed by atoms with Crippen molar-refractivity contribution in [2.24, 2.45) is 0 Å². The Hall–Kier alpha value is -3.51. The van der Waals surface area contributed by atoms with Crippen molar-refractivity contribution in [1.29, 1.82) is 0 Å². The van der Waals surface area contributed by atoms with Gasteiger partial charge in [0, 0.05) is 16.5 Å². The fraction of sp³-hybridized carbons (Fsp3) is 0.176. The molecule has 0 radical (unpaired) electrons. The Morgan fingerprint density at radius 3 is 2.60 bits per heavy atom. The number of amides is 4. The molecule has 0 saturated carbocycles. The first kappa shape index (κ1) is 22.8. The van der Waals surface area contributed by atoms with Crippen LogP contribution in [0.1, 0.15) is 15.2 Å². The van der Waals surface area contributed by atoms with Crippen LogP contribution in [-0.4, -0.2) is 41.9 Å². The smallest absolute Gasteiger partial charge is 0.325 e. The van der Waals surface area contributed by atoms with Crippen molar-refractivity contribution in [2.75, 3.05) is 13.2 Å². The summed E-state index contributed by atoms with van der Waals surface area (Å²) in [5, 5.41) is 19.2. The van der Waals surface area contributed by atoms with E-state index in [1.54, 1.807) is 0 Å². The van der Waals surface area contributed by atoms with E-state index in [9.17, 15) is 29.3 Å². The maximum atomic E-state index is 12.0. The summed E-state index contributed by atoms with van der Waals surface area (Å²) in [4.78, 5) is 57.8. The zero-order chi connectivity index (χ0) is 22.1. The van der Waals surface area contributed by atoms with Crippen LogP contribution in [0.25, 0.3) is 0 Å². The quantitative estimate of drug-likeness (QED) is 0.310. The molecule has 2 aromatic rings. The number of benzene rings is 1. The highest BCUT2D eigenvalue weighted by molar-refractivity contribution is 7.09. The monoisotopic (exact) mass is 454 g/mol. The molecule has 0 bridgehead atoms. The molecule has 0 atom stereocenters. The Bertz CT molecular complexity index is 965. The SMILES string of the molecule is O=C(COC(=O)CNC(=O)c1ccc(Cl)c([N+](=O)[O-])c1)NC(=O)NCc1cccs1. The number of carbonyl (C=O) groups excluding carboxylic acids is 4. The van der Waals surface area contributed by atoms with Gasteiger partial charge in [-0.3, -0.25) is 29.8 Å². The molecule has 0 fully saturated rings. The third-order valence-corrected chi connectivity index (χ3v) is 4.61. The van der Waals surface area contributed by atoms with E-state index < -0.39 is 47.6 Å². The van der Waals surface area contributed by atoms with Crippen LogP contribution in [0.4, 0.5) is 10.5 Å². The summed E-state index contributed by atoms with van der Waals surface area (Å²) < 4.78 is 4.65. The number of nitro benzene ring substituents is 1. The van der Waals surface area contributed by atoms with E-state index in [1.807, 2.05) is 22.8 Å². The fourth-order valence-electron chi connectivity index (χ4n) is 2.03. The Morgan fingerprint density at radius 2 is 1.93 bits per heavy atom. The normalized spacial score (nSPS) is 10.0. The van der Waals surface area contributed by atoms with Crippen molar-refractivity contribution < 1.29 is 28.8 Å². The number of rotatable bonds is 8. The van der Waals surface area contributed by atoms with E-state index in [0.29, 0.717) is 0 Å². The Labute approximate surface area is 178 Å². The molecule has 0 unspecified atom stereocenters. The summed E-state index contributed by atoms with van der Waals surface area (Å²) in [7, 11) is 0. The van der Waals surface area contributed by atoms with E-state index in [2.05, 4.69) is 15.4 Å². The van der Waals surface area contributed by atoms with E-state index in [-0.39, 0.29) is 17.1 Å². The van der Waals surface area contributed by atoms with Gasteiger partial charge >= 0.3 is 12.0 Å². The number of nitrogens with one attached hydrogen (secondary N) is 3. The summed E-state index contributed by atoms with van der Waals surface area (Å²) in [6, 6.07) is 6.27. The summed E-state index contributed by atoms with van der Waals surface area (Å²) in [5.74, 6) is -2.57. The topological polar surface area (TPSA) is 157 Å². The van der Waals surface area contributed by atoms with E-state index in [4.69, 9.17) is 11.6 Å². The second-order valence-corrected chi connectivity index (χ2v) is 7.02. The lowest BCUT2D eigenvalue weighted by molar-refractivity contribution is -0.384. The number of esters is 1. The lowest BCUT2D eigenvalue weighted by Crippen LogP contribution is -2.41. The summed E-state index contributed by atoms with van der Waals surface area (Å²) in [5.41, 5.74) is -0.542. The first-order chi connectivity index (χ1) is 14.3. The lowest BCUT2D eigenvalue weighted by Gasteiger charge is -2.08. The molecule has 0 aliphatic heterocycles. The molecular formula is C17H15ClN4O7S. The molecule has 158 valence electrons. The van der Waals surface area contributed by atoms with Crippen molar-refractivity contribution >= 4 is 52.4 Å². The summed E-state index contributed by atoms with van der Waals surface area (Å²) in [6.45, 7) is -1.08. The van der Waals surface area contributed by atoms with Crippen LogP contribution >= 0.6 is 22.9 Å². The zero-order valence-electron chi connectivity index (χ0n) is 15.2. The third kappa shape index (κ3) is 7.14. The molecule has 3 N–H and O–H groups in total. The van der Waals surface area contributed by atoms with Crippen LogP contribution in [0.5, 0.6) is 0 Å². The highest BCUT2D eigenvalue weighted by atomic mass is 35.5. The second kappa shape index (κ2) is 10.9.